The van der Waals surface area contributed by atoms with E-state index in [0.717, 1.165) is 42.5 Å². The zero-order valence-electron chi connectivity index (χ0n) is 15.1. The van der Waals surface area contributed by atoms with E-state index in [1.165, 1.54) is 12.1 Å². The van der Waals surface area contributed by atoms with E-state index in [0.29, 0.717) is 19.0 Å². The van der Waals surface area contributed by atoms with Gasteiger partial charge in [0.1, 0.15) is 11.6 Å². The number of hydrogen-bond donors (Lipinski definition) is 1. The van der Waals surface area contributed by atoms with Crippen LogP contribution in [0, 0.1) is 5.82 Å². The minimum Gasteiger partial charge on any atom is -0.351 e. The number of nitrogens with zero attached hydrogens (tertiary/aromatic N) is 4. The molecule has 1 amide bonds. The van der Waals surface area contributed by atoms with Gasteiger partial charge in [-0.3, -0.25) is 9.69 Å². The molecule has 1 aliphatic heterocycles. The van der Waals surface area contributed by atoms with Crippen LogP contribution in [0.3, 0.4) is 0 Å². The fourth-order valence-electron chi connectivity index (χ4n) is 3.33. The van der Waals surface area contributed by atoms with Crippen molar-refractivity contribution in [2.45, 2.75) is 30.5 Å². The molecule has 8 heteroatoms. The second-order valence-corrected chi connectivity index (χ2v) is 7.35. The van der Waals surface area contributed by atoms with Crippen molar-refractivity contribution < 1.29 is 9.18 Å². The van der Waals surface area contributed by atoms with Gasteiger partial charge in [-0.2, -0.15) is 0 Å². The SMILES string of the molecule is CSc1nnc(C2CCCN(CC(=O)NCc3ccc(F)cc3)C2)n1C. The molecule has 0 radical (unpaired) electrons. The maximum absolute atomic E-state index is 12.9. The zero-order chi connectivity index (χ0) is 18.5. The Kier molecular flexibility index (Phi) is 6.26. The molecule has 0 spiro atoms. The van der Waals surface area contributed by atoms with Crippen molar-refractivity contribution in [1.29, 1.82) is 0 Å². The first-order valence-electron chi connectivity index (χ1n) is 8.73. The van der Waals surface area contributed by atoms with Gasteiger partial charge >= 0.3 is 0 Å². The molecule has 26 heavy (non-hydrogen) atoms. The Morgan fingerprint density at radius 1 is 1.35 bits per heavy atom. The number of thioether (sulfide) groups is 1. The molecule has 1 aliphatic rings. The van der Waals surface area contributed by atoms with Gasteiger partial charge in [-0.25, -0.2) is 4.39 Å². The zero-order valence-corrected chi connectivity index (χ0v) is 15.9. The Bertz CT molecular complexity index is 749. The molecular formula is C18H24FN5OS. The van der Waals surface area contributed by atoms with E-state index < -0.39 is 0 Å². The van der Waals surface area contributed by atoms with E-state index in [-0.39, 0.29) is 11.7 Å². The first-order chi connectivity index (χ1) is 12.6. The van der Waals surface area contributed by atoms with Crippen molar-refractivity contribution in [1.82, 2.24) is 25.0 Å². The summed E-state index contributed by atoms with van der Waals surface area (Å²) < 4.78 is 15.0. The minimum absolute atomic E-state index is 0.0160. The van der Waals surface area contributed by atoms with E-state index >= 15 is 0 Å². The number of aromatic nitrogens is 3. The monoisotopic (exact) mass is 377 g/mol. The first kappa shape index (κ1) is 18.8. The minimum atomic E-state index is -0.271. The van der Waals surface area contributed by atoms with Crippen molar-refractivity contribution >= 4 is 17.7 Å². The Labute approximate surface area is 157 Å². The summed E-state index contributed by atoms with van der Waals surface area (Å²) in [6.07, 6.45) is 4.10. The van der Waals surface area contributed by atoms with Crippen LogP contribution in [-0.4, -0.2) is 51.5 Å². The third-order valence-electron chi connectivity index (χ3n) is 4.69. The van der Waals surface area contributed by atoms with Gasteiger partial charge in [-0.05, 0) is 43.3 Å². The molecule has 1 aromatic carbocycles. The Morgan fingerprint density at radius 2 is 2.12 bits per heavy atom. The topological polar surface area (TPSA) is 63.1 Å². The summed E-state index contributed by atoms with van der Waals surface area (Å²) in [4.78, 5) is 14.4. The summed E-state index contributed by atoms with van der Waals surface area (Å²) in [6.45, 7) is 2.50. The summed E-state index contributed by atoms with van der Waals surface area (Å²) in [5.41, 5.74) is 0.889. The van der Waals surface area contributed by atoms with Gasteiger partial charge < -0.3 is 9.88 Å². The second kappa shape index (κ2) is 8.64. The third-order valence-corrected chi connectivity index (χ3v) is 5.41. The number of benzene rings is 1. The van der Waals surface area contributed by atoms with Crippen LogP contribution in [0.2, 0.25) is 0 Å². The van der Waals surface area contributed by atoms with Crippen LogP contribution in [0.25, 0.3) is 0 Å². The molecule has 2 aromatic rings. The summed E-state index contributed by atoms with van der Waals surface area (Å²) in [5, 5.41) is 12.4. The quantitative estimate of drug-likeness (QED) is 0.782. The van der Waals surface area contributed by atoms with E-state index in [2.05, 4.69) is 20.4 Å². The highest BCUT2D eigenvalue weighted by molar-refractivity contribution is 7.98. The average Bonchev–Trinajstić information content (AvgIpc) is 3.02. The molecular weight excluding hydrogens is 353 g/mol. The molecule has 6 nitrogen and oxygen atoms in total. The predicted octanol–water partition coefficient (Wildman–Crippen LogP) is 2.17. The number of carbonyl (C=O) groups excluding carboxylic acids is 1. The first-order valence-corrected chi connectivity index (χ1v) is 9.96. The van der Waals surface area contributed by atoms with Gasteiger partial charge in [0.15, 0.2) is 5.16 Å². The van der Waals surface area contributed by atoms with Crippen molar-refractivity contribution in [3.05, 3.63) is 41.5 Å². The van der Waals surface area contributed by atoms with Crippen molar-refractivity contribution in [3.63, 3.8) is 0 Å². The van der Waals surface area contributed by atoms with Crippen molar-refractivity contribution in [2.75, 3.05) is 25.9 Å². The van der Waals surface area contributed by atoms with Gasteiger partial charge in [0.25, 0.3) is 0 Å². The normalized spacial score (nSPS) is 18.0. The van der Waals surface area contributed by atoms with E-state index in [4.69, 9.17) is 0 Å². The fraction of sp³-hybridized carbons (Fsp3) is 0.500. The van der Waals surface area contributed by atoms with Gasteiger partial charge in [0, 0.05) is 26.1 Å². The van der Waals surface area contributed by atoms with E-state index in [1.54, 1.807) is 23.9 Å². The highest BCUT2D eigenvalue weighted by Gasteiger charge is 2.26. The van der Waals surface area contributed by atoms with Crippen LogP contribution in [0.5, 0.6) is 0 Å². The molecule has 1 N–H and O–H groups in total. The number of hydrogen-bond acceptors (Lipinski definition) is 5. The number of amides is 1. The maximum Gasteiger partial charge on any atom is 0.234 e. The molecule has 1 atom stereocenters. The molecule has 2 heterocycles. The number of halogens is 1. The van der Waals surface area contributed by atoms with Crippen LogP contribution in [0.15, 0.2) is 29.4 Å². The van der Waals surface area contributed by atoms with Crippen molar-refractivity contribution in [2.24, 2.45) is 7.05 Å². The van der Waals surface area contributed by atoms with Crippen LogP contribution < -0.4 is 5.32 Å². The van der Waals surface area contributed by atoms with Crippen LogP contribution in [-0.2, 0) is 18.4 Å². The van der Waals surface area contributed by atoms with Gasteiger partial charge in [0.05, 0.1) is 6.54 Å². The molecule has 3 rings (SSSR count). The Morgan fingerprint density at radius 3 is 2.81 bits per heavy atom. The lowest BCUT2D eigenvalue weighted by Crippen LogP contribution is -2.42. The van der Waals surface area contributed by atoms with Crippen LogP contribution >= 0.6 is 11.8 Å². The summed E-state index contributed by atoms with van der Waals surface area (Å²) in [7, 11) is 2.00. The largest absolute Gasteiger partial charge is 0.351 e. The molecule has 0 saturated carbocycles. The summed E-state index contributed by atoms with van der Waals surface area (Å²) >= 11 is 1.59. The Hall–Kier alpha value is -1.93. The second-order valence-electron chi connectivity index (χ2n) is 6.58. The lowest BCUT2D eigenvalue weighted by Gasteiger charge is -2.31. The predicted molar refractivity (Wildman–Crippen MR) is 99.4 cm³/mol. The molecule has 1 unspecified atom stereocenters. The average molecular weight is 377 g/mol. The van der Waals surface area contributed by atoms with Crippen LogP contribution in [0.4, 0.5) is 4.39 Å². The van der Waals surface area contributed by atoms with E-state index in [1.807, 2.05) is 17.9 Å². The van der Waals surface area contributed by atoms with Crippen LogP contribution in [0.1, 0.15) is 30.1 Å². The Balaban J connectivity index is 1.52. The smallest absolute Gasteiger partial charge is 0.234 e. The molecule has 1 aromatic heterocycles. The maximum atomic E-state index is 12.9. The number of nitrogens with one attached hydrogen (secondary N) is 1. The number of rotatable bonds is 6. The summed E-state index contributed by atoms with van der Waals surface area (Å²) in [6, 6.07) is 6.18. The lowest BCUT2D eigenvalue weighted by atomic mass is 9.97. The molecule has 0 aliphatic carbocycles. The van der Waals surface area contributed by atoms with E-state index in [9.17, 15) is 9.18 Å². The number of carbonyl (C=O) groups is 1. The summed E-state index contributed by atoms with van der Waals surface area (Å²) in [5.74, 6) is 1.00. The van der Waals surface area contributed by atoms with Gasteiger partial charge in [-0.1, -0.05) is 23.9 Å². The highest BCUT2D eigenvalue weighted by atomic mass is 32.2. The standard InChI is InChI=1S/C18H24FN5OS/c1-23-17(21-22-18(23)26-2)14-4-3-9-24(11-14)12-16(25)20-10-13-5-7-15(19)8-6-13/h5-8,14H,3-4,9-12H2,1-2H3,(H,20,25). The third kappa shape index (κ3) is 4.62. The molecule has 0 bridgehead atoms. The van der Waals surface area contributed by atoms with Gasteiger partial charge in [0.2, 0.25) is 5.91 Å². The molecule has 140 valence electrons. The van der Waals surface area contributed by atoms with Crippen molar-refractivity contribution in [3.8, 4) is 0 Å². The number of likely N-dealkylation sites (tertiary alicyclic amines) is 1. The highest BCUT2D eigenvalue weighted by Crippen LogP contribution is 2.27. The van der Waals surface area contributed by atoms with Gasteiger partial charge in [-0.15, -0.1) is 10.2 Å². The lowest BCUT2D eigenvalue weighted by molar-refractivity contribution is -0.122. The fourth-order valence-corrected chi connectivity index (χ4v) is 3.82. The molecule has 1 saturated heterocycles. The molecule has 1 fully saturated rings. The number of piperidine rings is 1.